The molecule has 0 aliphatic heterocycles. The molecule has 1 N–H and O–H groups in total. The Kier molecular flexibility index (Phi) is 3.95. The SMILES string of the molecule is O=P#CCO. The maximum atomic E-state index is 9.23. The van der Waals surface area contributed by atoms with Gasteiger partial charge in [0.2, 0.25) is 0 Å². The molecule has 28 valence electrons. The number of rotatable bonds is 0. The Morgan fingerprint density at radius 1 is 2.00 bits per heavy atom. The van der Waals surface area contributed by atoms with Crippen molar-refractivity contribution in [2.75, 3.05) is 6.61 Å². The number of aliphatic hydroxyl groups excluding tert-OH is 1. The summed E-state index contributed by atoms with van der Waals surface area (Å²) in [6.07, 6.45) is 0. The van der Waals surface area contributed by atoms with Crippen LogP contribution in [0, 0.1) is 5.63 Å². The Labute approximate surface area is 30.9 Å². The van der Waals surface area contributed by atoms with Crippen molar-refractivity contribution in [2.24, 2.45) is 0 Å². The van der Waals surface area contributed by atoms with Gasteiger partial charge in [0.25, 0.3) is 0 Å². The molecule has 0 bridgehead atoms. The molecule has 0 aliphatic rings. The number of hydrogen-bond donors (Lipinski definition) is 1. The van der Waals surface area contributed by atoms with E-state index in [1.165, 1.54) is 0 Å². The summed E-state index contributed by atoms with van der Waals surface area (Å²) in [7, 11) is -0.220. The molecule has 3 heteroatoms. The average Bonchev–Trinajstić information content (AvgIpc) is 1.41. The van der Waals surface area contributed by atoms with E-state index in [2.05, 4.69) is 5.63 Å². The van der Waals surface area contributed by atoms with Crippen molar-refractivity contribution < 1.29 is 9.67 Å². The van der Waals surface area contributed by atoms with Crippen LogP contribution >= 0.6 is 7.92 Å². The zero-order valence-electron chi connectivity index (χ0n) is 2.51. The Hall–Kier alpha value is -0.0300. The van der Waals surface area contributed by atoms with Gasteiger partial charge < -0.3 is 0 Å². The Morgan fingerprint density at radius 2 is 2.60 bits per heavy atom. The number of aliphatic hydroxyl groups is 1. The fourth-order valence-corrected chi connectivity index (χ4v) is 0.0866. The second-order valence-corrected chi connectivity index (χ2v) is 0.906. The van der Waals surface area contributed by atoms with Crippen molar-refractivity contribution in [3.63, 3.8) is 0 Å². The van der Waals surface area contributed by atoms with Gasteiger partial charge in [0, 0.05) is 0 Å². The third-order valence-corrected chi connectivity index (χ3v) is 0.406. The molecule has 0 atom stereocenters. The molecule has 0 fully saturated rings. The first kappa shape index (κ1) is 4.97. The molecule has 0 rings (SSSR count). The van der Waals surface area contributed by atoms with Crippen LogP contribution in [0.15, 0.2) is 0 Å². The molecule has 2 nitrogen and oxygen atoms in total. The van der Waals surface area contributed by atoms with Gasteiger partial charge in [-0.15, -0.1) is 0 Å². The average molecular weight is 90.0 g/mol. The number of hydrogen-bond acceptors (Lipinski definition) is 2. The van der Waals surface area contributed by atoms with Crippen molar-refractivity contribution in [2.45, 2.75) is 0 Å². The normalized spacial score (nSPS) is 5.80. The molecule has 0 aliphatic carbocycles. The topological polar surface area (TPSA) is 37.3 Å². The van der Waals surface area contributed by atoms with Crippen molar-refractivity contribution in [1.82, 2.24) is 0 Å². The zero-order valence-corrected chi connectivity index (χ0v) is 3.40. The molecule has 0 aromatic carbocycles. The van der Waals surface area contributed by atoms with E-state index in [4.69, 9.17) is 5.11 Å². The molecule has 0 saturated carbocycles. The summed E-state index contributed by atoms with van der Waals surface area (Å²) >= 11 is 0. The molecule has 5 heavy (non-hydrogen) atoms. The molecule has 0 spiro atoms. The Balaban J connectivity index is 3.17. The van der Waals surface area contributed by atoms with E-state index in [0.29, 0.717) is 0 Å². The van der Waals surface area contributed by atoms with E-state index in [1.54, 1.807) is 0 Å². The van der Waals surface area contributed by atoms with Gasteiger partial charge in [-0.1, -0.05) is 0 Å². The predicted molar refractivity (Wildman–Crippen MR) is 18.6 cm³/mol. The molecule has 0 unspecified atom stereocenters. The van der Waals surface area contributed by atoms with Gasteiger partial charge in [-0.05, 0) is 0 Å². The van der Waals surface area contributed by atoms with E-state index < -0.39 is 0 Å². The summed E-state index contributed by atoms with van der Waals surface area (Å²) in [5.41, 5.74) is 2.08. The maximum absolute atomic E-state index is 9.23. The van der Waals surface area contributed by atoms with E-state index in [1.807, 2.05) is 0 Å². The Bertz CT molecular complexity index is 89.2. The van der Waals surface area contributed by atoms with E-state index in [9.17, 15) is 4.57 Å². The molecular weight excluding hydrogens is 87.0 g/mol. The third kappa shape index (κ3) is 3.97. The van der Waals surface area contributed by atoms with E-state index >= 15 is 0 Å². The summed E-state index contributed by atoms with van der Waals surface area (Å²) in [5, 5.41) is 7.75. The standard InChI is InChI=1S/C2H3O2P/c3-1-2-5-4/h3H,1H2. The van der Waals surface area contributed by atoms with Crippen LogP contribution in [0.2, 0.25) is 0 Å². The van der Waals surface area contributed by atoms with Crippen LogP contribution in [0.25, 0.3) is 0 Å². The van der Waals surface area contributed by atoms with Gasteiger partial charge in [-0.2, -0.15) is 0 Å². The summed E-state index contributed by atoms with van der Waals surface area (Å²) in [6, 6.07) is 0. The Morgan fingerprint density at radius 3 is 2.60 bits per heavy atom. The van der Waals surface area contributed by atoms with Gasteiger partial charge in [0.05, 0.1) is 0 Å². The molecule has 0 aromatic rings. The molecule has 0 saturated heterocycles. The second-order valence-electron chi connectivity index (χ2n) is 0.408. The quantitative estimate of drug-likeness (QED) is 0.432. The predicted octanol–water partition coefficient (Wildman–Crippen LogP) is 0.230. The van der Waals surface area contributed by atoms with Crippen molar-refractivity contribution in [3.8, 4) is 5.63 Å². The fraction of sp³-hybridized carbons (Fsp3) is 0.500. The molecule has 0 amide bonds. The van der Waals surface area contributed by atoms with Gasteiger partial charge in [0.1, 0.15) is 0 Å². The van der Waals surface area contributed by atoms with Gasteiger partial charge >= 0.3 is 29.8 Å². The van der Waals surface area contributed by atoms with Gasteiger partial charge in [-0.25, -0.2) is 0 Å². The van der Waals surface area contributed by atoms with E-state index in [0.717, 1.165) is 0 Å². The first-order valence-corrected chi connectivity index (χ1v) is 1.89. The van der Waals surface area contributed by atoms with Gasteiger partial charge in [-0.3, -0.25) is 0 Å². The van der Waals surface area contributed by atoms with Crippen molar-refractivity contribution in [3.05, 3.63) is 0 Å². The monoisotopic (exact) mass is 90.0 g/mol. The summed E-state index contributed by atoms with van der Waals surface area (Å²) in [6.45, 7) is -0.231. The first-order valence-electron chi connectivity index (χ1n) is 1.08. The van der Waals surface area contributed by atoms with Crippen molar-refractivity contribution in [1.29, 1.82) is 0 Å². The molecule has 0 radical (unpaired) electrons. The summed E-state index contributed by atoms with van der Waals surface area (Å²) < 4.78 is 9.23. The van der Waals surface area contributed by atoms with Crippen LogP contribution in [0.1, 0.15) is 0 Å². The van der Waals surface area contributed by atoms with Crippen LogP contribution in [0.5, 0.6) is 0 Å². The first-order chi connectivity index (χ1) is 2.41. The van der Waals surface area contributed by atoms with Crippen molar-refractivity contribution >= 4 is 7.92 Å². The minimum atomic E-state index is -0.231. The summed E-state index contributed by atoms with van der Waals surface area (Å²) in [5.74, 6) is 0. The molecular formula is C2H3O2P. The van der Waals surface area contributed by atoms with Crippen LogP contribution in [0.3, 0.4) is 0 Å². The fourth-order valence-electron chi connectivity index (χ4n) is 0.0289. The van der Waals surface area contributed by atoms with Crippen LogP contribution in [-0.2, 0) is 4.57 Å². The molecule has 0 aromatic heterocycles. The van der Waals surface area contributed by atoms with Crippen LogP contribution in [-0.4, -0.2) is 11.7 Å². The second kappa shape index (κ2) is 3.97. The van der Waals surface area contributed by atoms with Gasteiger partial charge in [0.15, 0.2) is 0 Å². The summed E-state index contributed by atoms with van der Waals surface area (Å²) in [4.78, 5) is 0. The van der Waals surface area contributed by atoms with E-state index in [-0.39, 0.29) is 14.5 Å². The minimum absolute atomic E-state index is 0.220. The third-order valence-electron chi connectivity index (χ3n) is 0.135. The van der Waals surface area contributed by atoms with Crippen LogP contribution < -0.4 is 0 Å². The zero-order chi connectivity index (χ0) is 4.12. The molecule has 0 heterocycles. The van der Waals surface area contributed by atoms with Crippen LogP contribution in [0.4, 0.5) is 0 Å².